The van der Waals surface area contributed by atoms with Crippen LogP contribution in [0, 0.1) is 6.92 Å². The molecule has 9 heteroatoms. The van der Waals surface area contributed by atoms with Gasteiger partial charge in [-0.1, -0.05) is 12.1 Å². The van der Waals surface area contributed by atoms with E-state index in [1.807, 2.05) is 36.6 Å². The lowest BCUT2D eigenvalue weighted by Gasteiger charge is -2.05. The molecule has 2 aromatic heterocycles. The van der Waals surface area contributed by atoms with Crippen LogP contribution in [0.1, 0.15) is 28.9 Å². The number of hydrogen-bond donors (Lipinski definition) is 1. The summed E-state index contributed by atoms with van der Waals surface area (Å²) in [4.78, 5) is 32.2. The maximum atomic E-state index is 12.2. The largest absolute Gasteiger partial charge is 0.487 e. The maximum Gasteiger partial charge on any atom is 0.311 e. The number of ether oxygens (including phenoxy) is 2. The second-order valence-electron chi connectivity index (χ2n) is 6.17. The fourth-order valence-electron chi connectivity index (χ4n) is 2.46. The third kappa shape index (κ3) is 6.78. The number of thiazole rings is 2. The number of benzene rings is 1. The summed E-state index contributed by atoms with van der Waals surface area (Å²) in [5.74, 6) is 0.0515. The summed E-state index contributed by atoms with van der Waals surface area (Å²) < 4.78 is 10.7. The van der Waals surface area contributed by atoms with Crippen LogP contribution in [0.5, 0.6) is 5.75 Å². The lowest BCUT2D eigenvalue weighted by Crippen LogP contribution is -2.09. The Balaban J connectivity index is 1.52. The average molecular weight is 444 g/mol. The van der Waals surface area contributed by atoms with Gasteiger partial charge in [-0.25, -0.2) is 9.97 Å². The number of rotatable bonds is 9. The molecule has 0 radical (unpaired) electrons. The number of anilines is 1. The van der Waals surface area contributed by atoms with Crippen LogP contribution in [0.25, 0.3) is 6.08 Å². The van der Waals surface area contributed by atoms with Gasteiger partial charge in [-0.15, -0.1) is 22.7 Å². The van der Waals surface area contributed by atoms with Crippen molar-refractivity contribution in [2.24, 2.45) is 0 Å². The molecule has 3 aromatic rings. The van der Waals surface area contributed by atoms with Gasteiger partial charge in [-0.2, -0.15) is 0 Å². The standard InChI is InChI=1S/C21H21N3O4S2/c1-3-27-20(26)10-16-12-30-21(23-16)24-19(25)8-7-15-5-4-6-18(9-15)28-11-17-13-29-14(2)22-17/h4-9,12-13H,3,10-11H2,1-2H3,(H,23,24,25)/b8-7+. The van der Waals surface area contributed by atoms with Gasteiger partial charge in [0.05, 0.1) is 29.4 Å². The Kier molecular flexibility index (Phi) is 7.69. The molecular weight excluding hydrogens is 422 g/mol. The van der Waals surface area contributed by atoms with Crippen LogP contribution in [0.4, 0.5) is 5.13 Å². The van der Waals surface area contributed by atoms with Gasteiger partial charge in [0.15, 0.2) is 5.13 Å². The summed E-state index contributed by atoms with van der Waals surface area (Å²) in [6, 6.07) is 7.45. The first kappa shape index (κ1) is 21.7. The SMILES string of the molecule is CCOC(=O)Cc1csc(NC(=O)/C=C/c2cccc(OCc3csc(C)n3)c2)n1. The highest BCUT2D eigenvalue weighted by atomic mass is 32.1. The summed E-state index contributed by atoms with van der Waals surface area (Å²) in [5, 5.41) is 7.82. The number of nitrogens with one attached hydrogen (secondary N) is 1. The van der Waals surface area contributed by atoms with E-state index < -0.39 is 0 Å². The van der Waals surface area contributed by atoms with Gasteiger partial charge in [-0.05, 0) is 37.6 Å². The first-order valence-corrected chi connectivity index (χ1v) is 11.0. The number of aromatic nitrogens is 2. The molecular formula is C21H21N3O4S2. The lowest BCUT2D eigenvalue weighted by atomic mass is 10.2. The topological polar surface area (TPSA) is 90.4 Å². The van der Waals surface area contributed by atoms with Gasteiger partial charge in [0.1, 0.15) is 12.4 Å². The highest BCUT2D eigenvalue weighted by Gasteiger charge is 2.09. The molecule has 1 amide bonds. The van der Waals surface area contributed by atoms with Crippen molar-refractivity contribution in [3.8, 4) is 5.75 Å². The zero-order chi connectivity index (χ0) is 21.3. The van der Waals surface area contributed by atoms with Gasteiger partial charge in [-0.3, -0.25) is 14.9 Å². The molecule has 156 valence electrons. The van der Waals surface area contributed by atoms with E-state index in [1.165, 1.54) is 17.4 Å². The van der Waals surface area contributed by atoms with Crippen molar-refractivity contribution >= 4 is 45.8 Å². The van der Waals surface area contributed by atoms with Crippen LogP contribution >= 0.6 is 22.7 Å². The van der Waals surface area contributed by atoms with E-state index in [0.29, 0.717) is 29.8 Å². The number of hydrogen-bond acceptors (Lipinski definition) is 8. The molecule has 3 rings (SSSR count). The molecule has 0 unspecified atom stereocenters. The minimum absolute atomic E-state index is 0.0866. The van der Waals surface area contributed by atoms with E-state index >= 15 is 0 Å². The molecule has 1 N–H and O–H groups in total. The molecule has 0 saturated heterocycles. The molecule has 0 aliphatic carbocycles. The van der Waals surface area contributed by atoms with Crippen molar-refractivity contribution in [1.82, 2.24) is 9.97 Å². The van der Waals surface area contributed by atoms with Crippen LogP contribution < -0.4 is 10.1 Å². The smallest absolute Gasteiger partial charge is 0.311 e. The van der Waals surface area contributed by atoms with Crippen LogP contribution in [0.15, 0.2) is 41.1 Å². The third-order valence-corrected chi connectivity index (χ3v) is 5.38. The molecule has 30 heavy (non-hydrogen) atoms. The summed E-state index contributed by atoms with van der Waals surface area (Å²) in [7, 11) is 0. The second kappa shape index (κ2) is 10.7. The Morgan fingerprint density at radius 2 is 2.00 bits per heavy atom. The van der Waals surface area contributed by atoms with E-state index in [-0.39, 0.29) is 18.3 Å². The first-order valence-electron chi connectivity index (χ1n) is 9.25. The van der Waals surface area contributed by atoms with E-state index in [1.54, 1.807) is 29.7 Å². The number of amides is 1. The Morgan fingerprint density at radius 3 is 2.77 bits per heavy atom. The molecule has 1 aromatic carbocycles. The predicted molar refractivity (Wildman–Crippen MR) is 118 cm³/mol. The normalized spacial score (nSPS) is 10.9. The van der Waals surface area contributed by atoms with Gasteiger partial charge >= 0.3 is 5.97 Å². The molecule has 2 heterocycles. The molecule has 0 fully saturated rings. The summed E-state index contributed by atoms with van der Waals surface area (Å²) in [6.07, 6.45) is 3.21. The van der Waals surface area contributed by atoms with Crippen molar-refractivity contribution in [3.63, 3.8) is 0 Å². The van der Waals surface area contributed by atoms with Crippen LogP contribution in [0.3, 0.4) is 0 Å². The van der Waals surface area contributed by atoms with Gasteiger partial charge in [0.25, 0.3) is 0 Å². The molecule has 0 bridgehead atoms. The summed E-state index contributed by atoms with van der Waals surface area (Å²) in [6.45, 7) is 4.43. The van der Waals surface area contributed by atoms with Crippen molar-refractivity contribution in [3.05, 3.63) is 63.1 Å². The van der Waals surface area contributed by atoms with Crippen molar-refractivity contribution in [1.29, 1.82) is 0 Å². The Bertz CT molecular complexity index is 1040. The van der Waals surface area contributed by atoms with Crippen molar-refractivity contribution in [2.75, 3.05) is 11.9 Å². The second-order valence-corrected chi connectivity index (χ2v) is 8.09. The zero-order valence-electron chi connectivity index (χ0n) is 16.6. The summed E-state index contributed by atoms with van der Waals surface area (Å²) in [5.41, 5.74) is 2.29. The van der Waals surface area contributed by atoms with E-state index in [4.69, 9.17) is 9.47 Å². The quantitative estimate of drug-likeness (QED) is 0.393. The monoisotopic (exact) mass is 443 g/mol. The maximum absolute atomic E-state index is 12.2. The van der Waals surface area contributed by atoms with Crippen molar-refractivity contribution in [2.45, 2.75) is 26.9 Å². The number of carbonyl (C=O) groups excluding carboxylic acids is 2. The van der Waals surface area contributed by atoms with Crippen LogP contribution in [-0.4, -0.2) is 28.5 Å². The van der Waals surface area contributed by atoms with E-state index in [9.17, 15) is 9.59 Å². The number of carbonyl (C=O) groups is 2. The molecule has 0 aliphatic rings. The Labute approximate surface area is 182 Å². The first-order chi connectivity index (χ1) is 14.5. The average Bonchev–Trinajstić information content (AvgIpc) is 3.34. The van der Waals surface area contributed by atoms with Crippen molar-refractivity contribution < 1.29 is 19.1 Å². The molecule has 0 atom stereocenters. The van der Waals surface area contributed by atoms with E-state index in [2.05, 4.69) is 15.3 Å². The Hall–Kier alpha value is -3.04. The number of nitrogens with zero attached hydrogens (tertiary/aromatic N) is 2. The van der Waals surface area contributed by atoms with Gasteiger partial charge in [0.2, 0.25) is 5.91 Å². The molecule has 0 saturated carbocycles. The van der Waals surface area contributed by atoms with Gasteiger partial charge in [0, 0.05) is 16.8 Å². The minimum Gasteiger partial charge on any atom is -0.487 e. The minimum atomic E-state index is -0.340. The Morgan fingerprint density at radius 1 is 1.17 bits per heavy atom. The zero-order valence-corrected chi connectivity index (χ0v) is 18.2. The number of esters is 1. The lowest BCUT2D eigenvalue weighted by molar-refractivity contribution is -0.142. The molecule has 0 spiro atoms. The van der Waals surface area contributed by atoms with Crippen LogP contribution in [-0.2, 0) is 27.4 Å². The fourth-order valence-corrected chi connectivity index (χ4v) is 3.77. The fraction of sp³-hybridized carbons (Fsp3) is 0.238. The highest BCUT2D eigenvalue weighted by molar-refractivity contribution is 7.14. The molecule has 7 nitrogen and oxygen atoms in total. The molecule has 0 aliphatic heterocycles. The number of aryl methyl sites for hydroxylation is 1. The van der Waals surface area contributed by atoms with Gasteiger partial charge < -0.3 is 9.47 Å². The van der Waals surface area contributed by atoms with E-state index in [0.717, 1.165) is 16.3 Å². The third-order valence-electron chi connectivity index (χ3n) is 3.75. The van der Waals surface area contributed by atoms with Crippen LogP contribution in [0.2, 0.25) is 0 Å². The summed E-state index contributed by atoms with van der Waals surface area (Å²) >= 11 is 2.85. The highest BCUT2D eigenvalue weighted by Crippen LogP contribution is 2.18. The predicted octanol–water partition coefficient (Wildman–Crippen LogP) is 4.24.